The zero-order chi connectivity index (χ0) is 24.1. The Bertz CT molecular complexity index is 1210. The van der Waals surface area contributed by atoms with Gasteiger partial charge in [0.25, 0.3) is 5.56 Å². The van der Waals surface area contributed by atoms with E-state index in [4.69, 9.17) is 27.9 Å². The minimum Gasteiger partial charge on any atom is -0.490 e. The van der Waals surface area contributed by atoms with Crippen molar-refractivity contribution in [3.8, 4) is 5.75 Å². The normalized spacial score (nSPS) is 15.9. The molecule has 4 rings (SSSR count). The van der Waals surface area contributed by atoms with Crippen molar-refractivity contribution in [1.82, 2.24) is 19.8 Å². The smallest absolute Gasteiger partial charge is 0.269 e. The Labute approximate surface area is 207 Å². The van der Waals surface area contributed by atoms with Gasteiger partial charge in [-0.05, 0) is 37.1 Å². The minimum atomic E-state index is -0.720. The Kier molecular flexibility index (Phi) is 8.05. The van der Waals surface area contributed by atoms with Crippen molar-refractivity contribution in [1.29, 1.82) is 0 Å². The number of benzene rings is 2. The van der Waals surface area contributed by atoms with E-state index in [-0.39, 0.29) is 30.7 Å². The number of aliphatic hydroxyl groups is 1. The molecule has 8 nitrogen and oxygen atoms in total. The quantitative estimate of drug-likeness (QED) is 0.489. The molecule has 2 N–H and O–H groups in total. The van der Waals surface area contributed by atoms with E-state index < -0.39 is 6.10 Å². The summed E-state index contributed by atoms with van der Waals surface area (Å²) >= 11 is 12.0. The van der Waals surface area contributed by atoms with E-state index >= 15 is 0 Å². The molecule has 0 unspecified atom stereocenters. The molecular formula is C24H26Cl2N4O4. The molecule has 180 valence electrons. The molecule has 1 fully saturated rings. The number of likely N-dealkylation sites (tertiary alicyclic amines) is 1. The van der Waals surface area contributed by atoms with Crippen LogP contribution in [0.25, 0.3) is 11.0 Å². The number of nitrogens with zero attached hydrogens (tertiary/aromatic N) is 3. The van der Waals surface area contributed by atoms with Gasteiger partial charge in [0.15, 0.2) is 0 Å². The number of halogens is 2. The van der Waals surface area contributed by atoms with Crippen molar-refractivity contribution in [2.24, 2.45) is 0 Å². The number of fused-ring (bicyclic) bond motifs is 1. The number of piperidine rings is 1. The molecule has 3 aromatic rings. The lowest BCUT2D eigenvalue weighted by molar-refractivity contribution is -0.122. The van der Waals surface area contributed by atoms with Crippen LogP contribution in [0.3, 0.4) is 0 Å². The lowest BCUT2D eigenvalue weighted by atomic mass is 10.1. The number of rotatable bonds is 8. The third-order valence-corrected chi connectivity index (χ3v) is 6.53. The average Bonchev–Trinajstić information content (AvgIpc) is 2.83. The number of para-hydroxylation sites is 2. The Morgan fingerprint density at radius 1 is 1.18 bits per heavy atom. The number of carbonyl (C=O) groups is 1. The SMILES string of the molecule is O=C(Cn1c(=O)cnc2ccccc21)NC[C@@H](O)CN1CCC(Oc2ccc(Cl)c(Cl)c2)CC1. The number of amides is 1. The van der Waals surface area contributed by atoms with Crippen LogP contribution in [0.1, 0.15) is 12.8 Å². The fourth-order valence-corrected chi connectivity index (χ4v) is 4.31. The monoisotopic (exact) mass is 504 g/mol. The molecular weight excluding hydrogens is 479 g/mol. The van der Waals surface area contributed by atoms with Gasteiger partial charge in [0.1, 0.15) is 18.4 Å². The second-order valence-electron chi connectivity index (χ2n) is 8.32. The van der Waals surface area contributed by atoms with Gasteiger partial charge in [-0.3, -0.25) is 14.2 Å². The minimum absolute atomic E-state index is 0.0684. The first-order valence-corrected chi connectivity index (χ1v) is 11.9. The van der Waals surface area contributed by atoms with Gasteiger partial charge in [-0.25, -0.2) is 4.98 Å². The number of β-amino-alcohol motifs (C(OH)–C–C–N with tert-alkyl or cyclic N) is 1. The van der Waals surface area contributed by atoms with E-state index in [1.807, 2.05) is 6.07 Å². The Morgan fingerprint density at radius 2 is 1.94 bits per heavy atom. The number of carbonyl (C=O) groups excluding carboxylic acids is 1. The van der Waals surface area contributed by atoms with Crippen LogP contribution >= 0.6 is 23.2 Å². The van der Waals surface area contributed by atoms with Gasteiger partial charge in [-0.15, -0.1) is 0 Å². The standard InChI is InChI=1S/C24H26Cl2N4O4/c25-19-6-5-18(11-20(19)26)34-17-7-9-29(10-8-17)14-16(31)12-28-23(32)15-30-22-4-2-1-3-21(22)27-13-24(30)33/h1-6,11,13,16-17,31H,7-10,12,14-15H2,(H,28,32)/t16-/m1/s1. The number of hydrogen-bond donors (Lipinski definition) is 2. The molecule has 1 amide bonds. The van der Waals surface area contributed by atoms with Crippen LogP contribution in [0, 0.1) is 0 Å². The van der Waals surface area contributed by atoms with E-state index in [0.717, 1.165) is 25.9 Å². The predicted octanol–water partition coefficient (Wildman–Crippen LogP) is 2.72. The molecule has 1 aliphatic heterocycles. The third-order valence-electron chi connectivity index (χ3n) is 5.79. The highest BCUT2D eigenvalue weighted by Gasteiger charge is 2.22. The first-order valence-electron chi connectivity index (χ1n) is 11.1. The number of ether oxygens (including phenoxy) is 1. The largest absolute Gasteiger partial charge is 0.490 e. The summed E-state index contributed by atoms with van der Waals surface area (Å²) in [6.07, 6.45) is 2.19. The van der Waals surface area contributed by atoms with Crippen LogP contribution in [0.2, 0.25) is 10.0 Å². The van der Waals surface area contributed by atoms with Crippen LogP contribution in [0.15, 0.2) is 53.5 Å². The summed E-state index contributed by atoms with van der Waals surface area (Å²) in [5.41, 5.74) is 0.887. The van der Waals surface area contributed by atoms with E-state index in [9.17, 15) is 14.7 Å². The predicted molar refractivity (Wildman–Crippen MR) is 132 cm³/mol. The van der Waals surface area contributed by atoms with Gasteiger partial charge in [-0.2, -0.15) is 0 Å². The number of aliphatic hydroxyl groups excluding tert-OH is 1. The van der Waals surface area contributed by atoms with Gasteiger partial charge in [-0.1, -0.05) is 35.3 Å². The van der Waals surface area contributed by atoms with Gasteiger partial charge >= 0.3 is 0 Å². The summed E-state index contributed by atoms with van der Waals surface area (Å²) in [7, 11) is 0. The molecule has 2 aromatic carbocycles. The van der Waals surface area contributed by atoms with Crippen molar-refractivity contribution in [2.75, 3.05) is 26.2 Å². The van der Waals surface area contributed by atoms with E-state index in [1.165, 1.54) is 10.8 Å². The molecule has 2 heterocycles. The highest BCUT2D eigenvalue weighted by molar-refractivity contribution is 6.42. The third kappa shape index (κ3) is 6.27. The summed E-state index contributed by atoms with van der Waals surface area (Å²) in [5, 5.41) is 14.1. The molecule has 0 spiro atoms. The van der Waals surface area contributed by atoms with Gasteiger partial charge in [0.2, 0.25) is 5.91 Å². The maximum Gasteiger partial charge on any atom is 0.269 e. The Hall–Kier alpha value is -2.65. The topological polar surface area (TPSA) is 96.7 Å². The van der Waals surface area contributed by atoms with Gasteiger partial charge in [0.05, 0.1) is 33.4 Å². The zero-order valence-electron chi connectivity index (χ0n) is 18.5. The fraction of sp³-hybridized carbons (Fsp3) is 0.375. The molecule has 1 aromatic heterocycles. The second kappa shape index (κ2) is 11.2. The molecule has 1 atom stereocenters. The van der Waals surface area contributed by atoms with E-state index in [2.05, 4.69) is 15.2 Å². The highest BCUT2D eigenvalue weighted by Crippen LogP contribution is 2.28. The van der Waals surface area contributed by atoms with Gasteiger partial charge in [0, 0.05) is 32.2 Å². The molecule has 0 radical (unpaired) electrons. The van der Waals surface area contributed by atoms with Crippen LogP contribution in [-0.2, 0) is 11.3 Å². The van der Waals surface area contributed by atoms with Crippen molar-refractivity contribution in [3.05, 3.63) is 69.1 Å². The van der Waals surface area contributed by atoms with Crippen molar-refractivity contribution in [2.45, 2.75) is 31.6 Å². The zero-order valence-corrected chi connectivity index (χ0v) is 20.0. The average molecular weight is 505 g/mol. The first kappa shape index (κ1) is 24.5. The van der Waals surface area contributed by atoms with Crippen LogP contribution in [0.5, 0.6) is 5.75 Å². The lowest BCUT2D eigenvalue weighted by Gasteiger charge is -2.33. The van der Waals surface area contributed by atoms with Crippen LogP contribution in [-0.4, -0.2) is 63.9 Å². The van der Waals surface area contributed by atoms with Crippen LogP contribution in [0.4, 0.5) is 0 Å². The summed E-state index contributed by atoms with van der Waals surface area (Å²) in [6, 6.07) is 12.4. The number of hydrogen-bond acceptors (Lipinski definition) is 6. The Morgan fingerprint density at radius 3 is 2.71 bits per heavy atom. The summed E-state index contributed by atoms with van der Waals surface area (Å²) < 4.78 is 7.38. The summed E-state index contributed by atoms with van der Waals surface area (Å²) in [6.45, 7) is 1.96. The maximum atomic E-state index is 12.4. The summed E-state index contributed by atoms with van der Waals surface area (Å²) in [4.78, 5) is 30.8. The number of aromatic nitrogens is 2. The molecule has 34 heavy (non-hydrogen) atoms. The summed E-state index contributed by atoms with van der Waals surface area (Å²) in [5.74, 6) is 0.350. The molecule has 0 aliphatic carbocycles. The molecule has 1 aliphatic rings. The van der Waals surface area contributed by atoms with Crippen molar-refractivity contribution >= 4 is 40.1 Å². The van der Waals surface area contributed by atoms with Crippen molar-refractivity contribution in [3.63, 3.8) is 0 Å². The molecule has 10 heteroatoms. The second-order valence-corrected chi connectivity index (χ2v) is 9.14. The highest BCUT2D eigenvalue weighted by atomic mass is 35.5. The molecule has 0 bridgehead atoms. The molecule has 1 saturated heterocycles. The van der Waals surface area contributed by atoms with E-state index in [0.29, 0.717) is 33.4 Å². The van der Waals surface area contributed by atoms with Gasteiger partial charge < -0.3 is 20.1 Å². The fourth-order valence-electron chi connectivity index (χ4n) is 4.02. The van der Waals surface area contributed by atoms with Crippen molar-refractivity contribution < 1.29 is 14.6 Å². The van der Waals surface area contributed by atoms with E-state index in [1.54, 1.807) is 36.4 Å². The first-order chi connectivity index (χ1) is 16.4. The van der Waals surface area contributed by atoms with Crippen LogP contribution < -0.4 is 15.6 Å². The maximum absolute atomic E-state index is 12.4. The molecule has 0 saturated carbocycles. The Balaban J connectivity index is 1.21. The lowest BCUT2D eigenvalue weighted by Crippen LogP contribution is -2.45. The number of nitrogens with one attached hydrogen (secondary N) is 1.